The van der Waals surface area contributed by atoms with E-state index in [2.05, 4.69) is 10.2 Å². The fourth-order valence-electron chi connectivity index (χ4n) is 2.08. The molecule has 1 amide bonds. The molecule has 2 rings (SSSR count). The highest BCUT2D eigenvalue weighted by atomic mass is 35.5. The Kier molecular flexibility index (Phi) is 4.58. The zero-order valence-electron chi connectivity index (χ0n) is 10.1. The van der Waals surface area contributed by atoms with Crippen LogP contribution in [-0.2, 0) is 4.79 Å². The molecule has 5 heteroatoms. The van der Waals surface area contributed by atoms with E-state index in [9.17, 15) is 9.90 Å². The molecule has 1 aliphatic heterocycles. The summed E-state index contributed by atoms with van der Waals surface area (Å²) in [5.74, 6) is 0.0738. The lowest BCUT2D eigenvalue weighted by Crippen LogP contribution is -2.32. The number of carbonyl (C=O) groups excluding carboxylic acids is 1. The van der Waals surface area contributed by atoms with Crippen molar-refractivity contribution in [1.82, 2.24) is 10.2 Å². The first kappa shape index (κ1) is 13.3. The number of rotatable bonds is 3. The number of aliphatic hydroxyl groups is 1. The van der Waals surface area contributed by atoms with Gasteiger partial charge in [-0.3, -0.25) is 9.69 Å². The molecule has 0 spiro atoms. The van der Waals surface area contributed by atoms with Crippen LogP contribution in [0.5, 0.6) is 0 Å². The summed E-state index contributed by atoms with van der Waals surface area (Å²) < 4.78 is 0. The summed E-state index contributed by atoms with van der Waals surface area (Å²) in [5, 5.41) is 13.6. The van der Waals surface area contributed by atoms with Crippen molar-refractivity contribution in [2.24, 2.45) is 0 Å². The van der Waals surface area contributed by atoms with E-state index in [0.717, 1.165) is 12.1 Å². The number of halogens is 1. The molecule has 1 atom stereocenters. The Morgan fingerprint density at radius 2 is 2.17 bits per heavy atom. The molecule has 1 saturated heterocycles. The summed E-state index contributed by atoms with van der Waals surface area (Å²) in [7, 11) is 0. The number of carbonyl (C=O) groups is 1. The summed E-state index contributed by atoms with van der Waals surface area (Å²) in [5.41, 5.74) is 0.739. The Hall–Kier alpha value is -1.10. The van der Waals surface area contributed by atoms with Gasteiger partial charge in [-0.1, -0.05) is 29.8 Å². The van der Waals surface area contributed by atoms with E-state index < -0.39 is 6.10 Å². The van der Waals surface area contributed by atoms with Crippen LogP contribution in [0.2, 0.25) is 5.02 Å². The van der Waals surface area contributed by atoms with Crippen LogP contribution >= 0.6 is 11.6 Å². The van der Waals surface area contributed by atoms with Gasteiger partial charge >= 0.3 is 0 Å². The molecule has 1 aromatic rings. The smallest absolute Gasteiger partial charge is 0.221 e. The lowest BCUT2D eigenvalue weighted by molar-refractivity contribution is -0.120. The van der Waals surface area contributed by atoms with Crippen molar-refractivity contribution in [3.63, 3.8) is 0 Å². The number of amides is 1. The number of benzene rings is 1. The molecule has 1 aliphatic rings. The number of aliphatic hydroxyl groups excluding tert-OH is 1. The second kappa shape index (κ2) is 6.18. The number of nitrogens with one attached hydrogen (secondary N) is 1. The van der Waals surface area contributed by atoms with E-state index in [1.54, 1.807) is 6.07 Å². The topological polar surface area (TPSA) is 52.6 Å². The van der Waals surface area contributed by atoms with E-state index >= 15 is 0 Å². The van der Waals surface area contributed by atoms with Crippen molar-refractivity contribution in [3.8, 4) is 0 Å². The third-order valence-electron chi connectivity index (χ3n) is 3.10. The third kappa shape index (κ3) is 3.45. The molecule has 2 N–H and O–H groups in total. The van der Waals surface area contributed by atoms with Crippen molar-refractivity contribution in [1.29, 1.82) is 0 Å². The van der Waals surface area contributed by atoms with Gasteiger partial charge in [0, 0.05) is 43.2 Å². The molecule has 1 unspecified atom stereocenters. The Morgan fingerprint density at radius 3 is 2.94 bits per heavy atom. The highest BCUT2D eigenvalue weighted by Crippen LogP contribution is 2.23. The first-order chi connectivity index (χ1) is 8.66. The van der Waals surface area contributed by atoms with Gasteiger partial charge in [0.15, 0.2) is 0 Å². The third-order valence-corrected chi connectivity index (χ3v) is 3.44. The first-order valence-corrected chi connectivity index (χ1v) is 6.46. The molecular formula is C13H17ClN2O2. The van der Waals surface area contributed by atoms with Gasteiger partial charge in [0.1, 0.15) is 0 Å². The normalized spacial score (nSPS) is 19.1. The average molecular weight is 269 g/mol. The number of hydrogen-bond acceptors (Lipinski definition) is 3. The van der Waals surface area contributed by atoms with Crippen LogP contribution in [-0.4, -0.2) is 42.1 Å². The van der Waals surface area contributed by atoms with Gasteiger partial charge in [0.2, 0.25) is 5.91 Å². The van der Waals surface area contributed by atoms with Crippen molar-refractivity contribution in [2.75, 3.05) is 26.2 Å². The minimum atomic E-state index is -0.619. The van der Waals surface area contributed by atoms with Crippen molar-refractivity contribution < 1.29 is 9.90 Å². The largest absolute Gasteiger partial charge is 0.387 e. The summed E-state index contributed by atoms with van der Waals surface area (Å²) in [4.78, 5) is 13.3. The van der Waals surface area contributed by atoms with E-state index in [0.29, 0.717) is 31.1 Å². The van der Waals surface area contributed by atoms with E-state index in [4.69, 9.17) is 11.6 Å². The van der Waals surface area contributed by atoms with E-state index in [-0.39, 0.29) is 5.91 Å². The maximum absolute atomic E-state index is 11.2. The molecule has 18 heavy (non-hydrogen) atoms. The fraction of sp³-hybridized carbons (Fsp3) is 0.462. The maximum atomic E-state index is 11.2. The number of β-amino-alcohol motifs (C(OH)–C–C–N with tert-alkyl or cyclic N) is 1. The van der Waals surface area contributed by atoms with Crippen LogP contribution in [0.25, 0.3) is 0 Å². The lowest BCUT2D eigenvalue weighted by atomic mass is 10.1. The molecule has 0 aliphatic carbocycles. The minimum absolute atomic E-state index is 0.0738. The molecule has 1 fully saturated rings. The first-order valence-electron chi connectivity index (χ1n) is 6.08. The van der Waals surface area contributed by atoms with Crippen LogP contribution in [0.15, 0.2) is 24.3 Å². The molecule has 0 saturated carbocycles. The average Bonchev–Trinajstić information content (AvgIpc) is 2.55. The molecule has 0 radical (unpaired) electrons. The predicted molar refractivity (Wildman–Crippen MR) is 70.5 cm³/mol. The van der Waals surface area contributed by atoms with Gasteiger partial charge in [0.05, 0.1) is 6.10 Å². The Labute approximate surface area is 112 Å². The van der Waals surface area contributed by atoms with Crippen LogP contribution < -0.4 is 5.32 Å². The summed E-state index contributed by atoms with van der Waals surface area (Å²) in [6, 6.07) is 7.30. The minimum Gasteiger partial charge on any atom is -0.387 e. The standard InChI is InChI=1S/C13H17ClN2O2/c14-11-4-2-1-3-10(11)12(17)9-16-7-5-13(18)15-6-8-16/h1-4,12,17H,5-9H2,(H,15,18). The van der Waals surface area contributed by atoms with Gasteiger partial charge in [-0.15, -0.1) is 0 Å². The Morgan fingerprint density at radius 1 is 1.39 bits per heavy atom. The highest BCUT2D eigenvalue weighted by Gasteiger charge is 2.18. The van der Waals surface area contributed by atoms with Crippen LogP contribution in [0.3, 0.4) is 0 Å². The van der Waals surface area contributed by atoms with E-state index in [1.807, 2.05) is 18.2 Å². The van der Waals surface area contributed by atoms with Crippen molar-refractivity contribution in [2.45, 2.75) is 12.5 Å². The predicted octanol–water partition coefficient (Wildman–Crippen LogP) is 1.20. The number of hydrogen-bond donors (Lipinski definition) is 2. The quantitative estimate of drug-likeness (QED) is 0.866. The van der Waals surface area contributed by atoms with Gasteiger partial charge in [-0.2, -0.15) is 0 Å². The second-order valence-corrected chi connectivity index (χ2v) is 4.85. The van der Waals surface area contributed by atoms with E-state index in [1.165, 1.54) is 0 Å². The zero-order chi connectivity index (χ0) is 13.0. The lowest BCUT2D eigenvalue weighted by Gasteiger charge is -2.23. The van der Waals surface area contributed by atoms with Gasteiger partial charge in [-0.25, -0.2) is 0 Å². The van der Waals surface area contributed by atoms with Crippen LogP contribution in [0, 0.1) is 0 Å². The van der Waals surface area contributed by atoms with Crippen LogP contribution in [0.4, 0.5) is 0 Å². The summed E-state index contributed by atoms with van der Waals surface area (Å²) >= 11 is 6.05. The maximum Gasteiger partial charge on any atom is 0.221 e. The Bertz CT molecular complexity index is 425. The Balaban J connectivity index is 1.96. The van der Waals surface area contributed by atoms with Crippen LogP contribution in [0.1, 0.15) is 18.1 Å². The molecule has 98 valence electrons. The SMILES string of the molecule is O=C1CCN(CC(O)c2ccccc2Cl)CCN1. The molecule has 4 nitrogen and oxygen atoms in total. The molecule has 0 aromatic heterocycles. The van der Waals surface area contributed by atoms with Crippen molar-refractivity contribution >= 4 is 17.5 Å². The van der Waals surface area contributed by atoms with Gasteiger partial charge < -0.3 is 10.4 Å². The zero-order valence-corrected chi connectivity index (χ0v) is 10.9. The fourth-order valence-corrected chi connectivity index (χ4v) is 2.35. The molecular weight excluding hydrogens is 252 g/mol. The molecule has 1 aromatic carbocycles. The molecule has 1 heterocycles. The summed E-state index contributed by atoms with van der Waals surface area (Å²) in [6.45, 7) is 2.56. The monoisotopic (exact) mass is 268 g/mol. The van der Waals surface area contributed by atoms with Gasteiger partial charge in [-0.05, 0) is 6.07 Å². The van der Waals surface area contributed by atoms with Crippen molar-refractivity contribution in [3.05, 3.63) is 34.9 Å². The van der Waals surface area contributed by atoms with Gasteiger partial charge in [0.25, 0.3) is 0 Å². The molecule has 0 bridgehead atoms. The highest BCUT2D eigenvalue weighted by molar-refractivity contribution is 6.31. The number of nitrogens with zero attached hydrogens (tertiary/aromatic N) is 1. The second-order valence-electron chi connectivity index (χ2n) is 4.44. The summed E-state index contributed by atoms with van der Waals surface area (Å²) in [6.07, 6.45) is -0.137.